The lowest BCUT2D eigenvalue weighted by molar-refractivity contribution is -0.143. The highest BCUT2D eigenvalue weighted by Crippen LogP contribution is 2.00. The van der Waals surface area contributed by atoms with Gasteiger partial charge in [-0.2, -0.15) is 5.26 Å². The molecule has 0 saturated carbocycles. The van der Waals surface area contributed by atoms with Crippen LogP contribution in [0.25, 0.3) is 0 Å². The largest absolute Gasteiger partial charge is 0.466 e. The van der Waals surface area contributed by atoms with E-state index in [4.69, 9.17) is 5.26 Å². The highest BCUT2D eigenvalue weighted by Gasteiger charge is 2.07. The first-order valence-corrected chi connectivity index (χ1v) is 3.26. The van der Waals surface area contributed by atoms with Crippen LogP contribution in [0.5, 0.6) is 0 Å². The molecule has 0 spiro atoms. The van der Waals surface area contributed by atoms with Gasteiger partial charge < -0.3 is 4.74 Å². The van der Waals surface area contributed by atoms with Gasteiger partial charge in [0.05, 0.1) is 25.0 Å². The minimum atomic E-state index is -0.295. The van der Waals surface area contributed by atoms with Gasteiger partial charge in [-0.25, -0.2) is 0 Å². The molecule has 0 aliphatic heterocycles. The van der Waals surface area contributed by atoms with Gasteiger partial charge in [0.15, 0.2) is 0 Å². The average molecular weight is 141 g/mol. The van der Waals surface area contributed by atoms with Gasteiger partial charge in [0.2, 0.25) is 0 Å². The average Bonchev–Trinajstić information content (AvgIpc) is 1.88. The molecule has 56 valence electrons. The van der Waals surface area contributed by atoms with E-state index in [1.165, 1.54) is 0 Å². The molecule has 0 aliphatic rings. The van der Waals surface area contributed by atoms with Gasteiger partial charge in [0, 0.05) is 0 Å². The summed E-state index contributed by atoms with van der Waals surface area (Å²) in [7, 11) is 0. The first kappa shape index (κ1) is 8.96. The molecule has 0 aliphatic carbocycles. The molecule has 0 aromatic rings. The maximum Gasteiger partial charge on any atom is 0.307 e. The number of carbonyl (C=O) groups excluding carboxylic acids is 1. The SMILES string of the molecule is CCOC(=O)CC(C)C#N. The standard InChI is InChI=1S/C7H11NO2/c1-3-10-7(9)4-6(2)5-8/h6H,3-4H2,1-2H3. The number of ether oxygens (including phenoxy) is 1. The first-order chi connectivity index (χ1) is 4.70. The van der Waals surface area contributed by atoms with Crippen LogP contribution in [-0.2, 0) is 9.53 Å². The van der Waals surface area contributed by atoms with Crippen LogP contribution in [-0.4, -0.2) is 12.6 Å². The number of rotatable bonds is 3. The van der Waals surface area contributed by atoms with Crippen molar-refractivity contribution in [2.75, 3.05) is 6.61 Å². The van der Waals surface area contributed by atoms with E-state index in [2.05, 4.69) is 4.74 Å². The van der Waals surface area contributed by atoms with Crippen molar-refractivity contribution in [3.05, 3.63) is 0 Å². The number of hydrogen-bond acceptors (Lipinski definition) is 3. The summed E-state index contributed by atoms with van der Waals surface area (Å²) in [6.07, 6.45) is 0.199. The Kier molecular flexibility index (Phi) is 4.30. The van der Waals surface area contributed by atoms with Crippen LogP contribution in [0.2, 0.25) is 0 Å². The van der Waals surface area contributed by atoms with Gasteiger partial charge in [-0.15, -0.1) is 0 Å². The Labute approximate surface area is 60.6 Å². The Balaban J connectivity index is 3.49. The van der Waals surface area contributed by atoms with Crippen molar-refractivity contribution in [1.82, 2.24) is 0 Å². The second kappa shape index (κ2) is 4.80. The maximum atomic E-state index is 10.6. The van der Waals surface area contributed by atoms with Crippen molar-refractivity contribution in [2.24, 2.45) is 5.92 Å². The lowest BCUT2D eigenvalue weighted by atomic mass is 10.1. The number of esters is 1. The molecule has 1 unspecified atom stereocenters. The topological polar surface area (TPSA) is 50.1 Å². The predicted octanol–water partition coefficient (Wildman–Crippen LogP) is 1.10. The zero-order valence-electron chi connectivity index (χ0n) is 6.26. The summed E-state index contributed by atoms with van der Waals surface area (Å²) in [6.45, 7) is 3.82. The van der Waals surface area contributed by atoms with E-state index >= 15 is 0 Å². The molecule has 0 aromatic heterocycles. The van der Waals surface area contributed by atoms with Crippen molar-refractivity contribution >= 4 is 5.97 Å². The van der Waals surface area contributed by atoms with E-state index in [-0.39, 0.29) is 18.3 Å². The fraction of sp³-hybridized carbons (Fsp3) is 0.714. The van der Waals surface area contributed by atoms with Gasteiger partial charge in [-0.3, -0.25) is 4.79 Å². The van der Waals surface area contributed by atoms with Crippen molar-refractivity contribution in [3.8, 4) is 6.07 Å². The summed E-state index contributed by atoms with van der Waals surface area (Å²) in [5.41, 5.74) is 0. The molecule has 0 rings (SSSR count). The molecule has 0 aromatic carbocycles. The minimum absolute atomic E-state index is 0.199. The van der Waals surface area contributed by atoms with Crippen molar-refractivity contribution in [3.63, 3.8) is 0 Å². The molecule has 0 heterocycles. The van der Waals surface area contributed by atoms with Gasteiger partial charge in [0.1, 0.15) is 0 Å². The lowest BCUT2D eigenvalue weighted by Crippen LogP contribution is -2.07. The number of nitrogens with zero attached hydrogens (tertiary/aromatic N) is 1. The predicted molar refractivity (Wildman–Crippen MR) is 36.0 cm³/mol. The molecule has 10 heavy (non-hydrogen) atoms. The normalized spacial score (nSPS) is 11.7. The summed E-state index contributed by atoms with van der Waals surface area (Å²) in [4.78, 5) is 10.6. The third kappa shape index (κ3) is 3.90. The Morgan fingerprint density at radius 2 is 2.40 bits per heavy atom. The summed E-state index contributed by atoms with van der Waals surface area (Å²) < 4.78 is 4.62. The quantitative estimate of drug-likeness (QED) is 0.553. The Morgan fingerprint density at radius 3 is 2.80 bits per heavy atom. The van der Waals surface area contributed by atoms with E-state index in [1.54, 1.807) is 13.8 Å². The molecule has 0 saturated heterocycles. The van der Waals surface area contributed by atoms with E-state index in [1.807, 2.05) is 6.07 Å². The Bertz CT molecular complexity index is 148. The molecule has 3 nitrogen and oxygen atoms in total. The first-order valence-electron chi connectivity index (χ1n) is 3.26. The van der Waals surface area contributed by atoms with Crippen LogP contribution in [0.1, 0.15) is 20.3 Å². The number of hydrogen-bond donors (Lipinski definition) is 0. The third-order valence-electron chi connectivity index (χ3n) is 0.999. The Morgan fingerprint density at radius 1 is 1.80 bits per heavy atom. The smallest absolute Gasteiger partial charge is 0.307 e. The Hall–Kier alpha value is -1.04. The van der Waals surface area contributed by atoms with Crippen molar-refractivity contribution < 1.29 is 9.53 Å². The van der Waals surface area contributed by atoms with Gasteiger partial charge >= 0.3 is 5.97 Å². The fourth-order valence-electron chi connectivity index (χ4n) is 0.516. The van der Waals surface area contributed by atoms with Gasteiger partial charge in [-0.1, -0.05) is 0 Å². The van der Waals surface area contributed by atoms with E-state index in [0.29, 0.717) is 6.61 Å². The van der Waals surface area contributed by atoms with Gasteiger partial charge in [0.25, 0.3) is 0 Å². The van der Waals surface area contributed by atoms with Crippen LogP contribution in [0, 0.1) is 17.2 Å². The highest BCUT2D eigenvalue weighted by molar-refractivity contribution is 5.69. The van der Waals surface area contributed by atoms with E-state index < -0.39 is 0 Å². The third-order valence-corrected chi connectivity index (χ3v) is 0.999. The molecular weight excluding hydrogens is 130 g/mol. The number of nitriles is 1. The fourth-order valence-corrected chi connectivity index (χ4v) is 0.516. The molecule has 0 amide bonds. The summed E-state index contributed by atoms with van der Waals surface area (Å²) >= 11 is 0. The zero-order valence-corrected chi connectivity index (χ0v) is 6.26. The highest BCUT2D eigenvalue weighted by atomic mass is 16.5. The van der Waals surface area contributed by atoms with Crippen molar-refractivity contribution in [2.45, 2.75) is 20.3 Å². The molecule has 0 N–H and O–H groups in total. The molecule has 0 bridgehead atoms. The van der Waals surface area contributed by atoms with Crippen LogP contribution in [0.3, 0.4) is 0 Å². The lowest BCUT2D eigenvalue weighted by Gasteiger charge is -2.00. The van der Waals surface area contributed by atoms with Crippen LogP contribution < -0.4 is 0 Å². The summed E-state index contributed by atoms with van der Waals surface area (Å²) in [6, 6.07) is 1.95. The minimum Gasteiger partial charge on any atom is -0.466 e. The molecule has 0 fully saturated rings. The second-order valence-corrected chi connectivity index (χ2v) is 2.04. The van der Waals surface area contributed by atoms with Crippen molar-refractivity contribution in [1.29, 1.82) is 5.26 Å². The number of carbonyl (C=O) groups is 1. The van der Waals surface area contributed by atoms with E-state index in [0.717, 1.165) is 0 Å². The summed E-state index contributed by atoms with van der Waals surface area (Å²) in [5, 5.41) is 8.29. The molecule has 1 atom stereocenters. The second-order valence-electron chi connectivity index (χ2n) is 2.04. The van der Waals surface area contributed by atoms with Gasteiger partial charge in [-0.05, 0) is 13.8 Å². The van der Waals surface area contributed by atoms with Crippen LogP contribution in [0.15, 0.2) is 0 Å². The zero-order chi connectivity index (χ0) is 7.98. The molecule has 3 heteroatoms. The monoisotopic (exact) mass is 141 g/mol. The maximum absolute atomic E-state index is 10.6. The summed E-state index contributed by atoms with van der Waals surface area (Å²) in [5.74, 6) is -0.532. The molecule has 0 radical (unpaired) electrons. The van der Waals surface area contributed by atoms with Crippen LogP contribution in [0.4, 0.5) is 0 Å². The van der Waals surface area contributed by atoms with E-state index in [9.17, 15) is 4.79 Å². The molecular formula is C7H11NO2. The van der Waals surface area contributed by atoms with Crippen LogP contribution >= 0.6 is 0 Å².